The predicted molar refractivity (Wildman–Crippen MR) is 61.2 cm³/mol. The molecule has 1 nitrogen and oxygen atoms in total. The molecular weight excluding hydrogens is 329 g/mol. The summed E-state index contributed by atoms with van der Waals surface area (Å²) < 4.78 is 1.15. The number of nitriles is 1. The van der Waals surface area contributed by atoms with Crippen molar-refractivity contribution >= 4 is 38.5 Å². The molecule has 0 fully saturated rings. The second-order valence-corrected chi connectivity index (χ2v) is 4.19. The SMILES string of the molecule is Cc1ccc(I)c(CBr)c1C#N. The largest absolute Gasteiger partial charge is 0.192 e. The fourth-order valence-corrected chi connectivity index (χ4v) is 2.77. The molecule has 0 radical (unpaired) electrons. The van der Waals surface area contributed by atoms with Gasteiger partial charge in [-0.1, -0.05) is 22.0 Å². The smallest absolute Gasteiger partial charge is 0.0998 e. The van der Waals surface area contributed by atoms with Gasteiger partial charge in [0.1, 0.15) is 0 Å². The average Bonchev–Trinajstić information content (AvgIpc) is 2.08. The van der Waals surface area contributed by atoms with Crippen LogP contribution in [0.4, 0.5) is 0 Å². The van der Waals surface area contributed by atoms with Gasteiger partial charge < -0.3 is 0 Å². The third-order valence-electron chi connectivity index (χ3n) is 1.71. The summed E-state index contributed by atoms with van der Waals surface area (Å²) >= 11 is 5.62. The maximum Gasteiger partial charge on any atom is 0.0998 e. The molecule has 0 unspecified atom stereocenters. The number of benzene rings is 1. The van der Waals surface area contributed by atoms with Crippen LogP contribution in [-0.2, 0) is 5.33 Å². The second kappa shape index (κ2) is 4.24. The van der Waals surface area contributed by atoms with E-state index in [0.29, 0.717) is 0 Å². The van der Waals surface area contributed by atoms with Gasteiger partial charge in [0.25, 0.3) is 0 Å². The molecule has 0 saturated carbocycles. The van der Waals surface area contributed by atoms with Crippen molar-refractivity contribution in [1.82, 2.24) is 0 Å². The molecule has 1 aromatic carbocycles. The summed E-state index contributed by atoms with van der Waals surface area (Å²) in [5, 5.41) is 9.63. The van der Waals surface area contributed by atoms with Crippen LogP contribution in [0.1, 0.15) is 16.7 Å². The van der Waals surface area contributed by atoms with E-state index in [2.05, 4.69) is 44.6 Å². The van der Waals surface area contributed by atoms with Crippen molar-refractivity contribution in [3.63, 3.8) is 0 Å². The summed E-state index contributed by atoms with van der Waals surface area (Å²) in [5.41, 5.74) is 2.95. The number of rotatable bonds is 1. The molecule has 0 spiro atoms. The molecule has 0 aliphatic carbocycles. The molecule has 0 N–H and O–H groups in total. The summed E-state index contributed by atoms with van der Waals surface area (Å²) in [6.07, 6.45) is 0. The van der Waals surface area contributed by atoms with E-state index < -0.39 is 0 Å². The lowest BCUT2D eigenvalue weighted by atomic mass is 10.0. The van der Waals surface area contributed by atoms with E-state index in [1.165, 1.54) is 0 Å². The zero-order chi connectivity index (χ0) is 9.14. The Kier molecular flexibility index (Phi) is 3.53. The van der Waals surface area contributed by atoms with Gasteiger partial charge in [0.15, 0.2) is 0 Å². The fourth-order valence-electron chi connectivity index (χ4n) is 1.03. The Bertz CT molecular complexity index is 341. The van der Waals surface area contributed by atoms with Crippen molar-refractivity contribution in [2.24, 2.45) is 0 Å². The number of alkyl halides is 1. The predicted octanol–water partition coefficient (Wildman–Crippen LogP) is 3.37. The van der Waals surface area contributed by atoms with Crippen molar-refractivity contribution in [1.29, 1.82) is 5.26 Å². The van der Waals surface area contributed by atoms with Gasteiger partial charge in [-0.15, -0.1) is 0 Å². The highest BCUT2D eigenvalue weighted by Crippen LogP contribution is 2.22. The molecule has 0 heterocycles. The van der Waals surface area contributed by atoms with Crippen LogP contribution in [0, 0.1) is 21.8 Å². The summed E-state index contributed by atoms with van der Waals surface area (Å²) in [7, 11) is 0. The molecule has 1 aromatic rings. The summed E-state index contributed by atoms with van der Waals surface area (Å²) in [6, 6.07) is 6.23. The number of hydrogen-bond acceptors (Lipinski definition) is 1. The Morgan fingerprint density at radius 2 is 2.25 bits per heavy atom. The van der Waals surface area contributed by atoms with Gasteiger partial charge in [-0.2, -0.15) is 5.26 Å². The van der Waals surface area contributed by atoms with E-state index in [1.54, 1.807) is 0 Å². The van der Waals surface area contributed by atoms with E-state index >= 15 is 0 Å². The third kappa shape index (κ3) is 1.80. The number of nitrogens with zero attached hydrogens (tertiary/aromatic N) is 1. The Labute approximate surface area is 94.0 Å². The minimum absolute atomic E-state index is 0.746. The first-order chi connectivity index (χ1) is 5.70. The molecular formula is C9H7BrIN. The number of hydrogen-bond donors (Lipinski definition) is 0. The molecule has 0 amide bonds. The van der Waals surface area contributed by atoms with Gasteiger partial charge in [-0.25, -0.2) is 0 Å². The maximum absolute atomic E-state index is 8.88. The molecule has 0 bridgehead atoms. The normalized spacial score (nSPS) is 9.50. The van der Waals surface area contributed by atoms with Gasteiger partial charge >= 0.3 is 0 Å². The lowest BCUT2D eigenvalue weighted by Gasteiger charge is -2.05. The summed E-state index contributed by atoms with van der Waals surface area (Å²) in [6.45, 7) is 1.96. The summed E-state index contributed by atoms with van der Waals surface area (Å²) in [4.78, 5) is 0. The minimum Gasteiger partial charge on any atom is -0.192 e. The lowest BCUT2D eigenvalue weighted by molar-refractivity contribution is 1.29. The van der Waals surface area contributed by atoms with Crippen LogP contribution in [-0.4, -0.2) is 0 Å². The van der Waals surface area contributed by atoms with Crippen molar-refractivity contribution in [3.8, 4) is 6.07 Å². The quantitative estimate of drug-likeness (QED) is 0.570. The van der Waals surface area contributed by atoms with Crippen LogP contribution in [0.2, 0.25) is 0 Å². The van der Waals surface area contributed by atoms with Gasteiger partial charge in [0, 0.05) is 8.90 Å². The molecule has 0 aliphatic heterocycles. The highest BCUT2D eigenvalue weighted by molar-refractivity contribution is 14.1. The standard InChI is InChI=1S/C9H7BrIN/c1-6-2-3-9(11)7(4-10)8(6)5-12/h2-3H,4H2,1H3. The van der Waals surface area contributed by atoms with Gasteiger partial charge in [-0.05, 0) is 46.7 Å². The summed E-state index contributed by atoms with van der Waals surface area (Å²) in [5.74, 6) is 0. The Morgan fingerprint density at radius 1 is 1.58 bits per heavy atom. The van der Waals surface area contributed by atoms with Crippen molar-refractivity contribution in [2.45, 2.75) is 12.3 Å². The molecule has 0 saturated heterocycles. The van der Waals surface area contributed by atoms with E-state index in [0.717, 1.165) is 25.6 Å². The first-order valence-electron chi connectivity index (χ1n) is 3.44. The Hall–Kier alpha value is -0.0800. The Morgan fingerprint density at radius 3 is 2.67 bits per heavy atom. The van der Waals surface area contributed by atoms with E-state index in [1.807, 2.05) is 19.1 Å². The zero-order valence-electron chi connectivity index (χ0n) is 6.56. The molecule has 62 valence electrons. The average molecular weight is 336 g/mol. The van der Waals surface area contributed by atoms with Crippen molar-refractivity contribution < 1.29 is 0 Å². The highest BCUT2D eigenvalue weighted by Gasteiger charge is 2.07. The number of halogens is 2. The first-order valence-corrected chi connectivity index (χ1v) is 5.64. The van der Waals surface area contributed by atoms with Crippen LogP contribution in [0.15, 0.2) is 12.1 Å². The van der Waals surface area contributed by atoms with Crippen LogP contribution < -0.4 is 0 Å². The van der Waals surface area contributed by atoms with E-state index in [-0.39, 0.29) is 0 Å². The molecule has 0 atom stereocenters. The van der Waals surface area contributed by atoms with Crippen LogP contribution in [0.3, 0.4) is 0 Å². The zero-order valence-corrected chi connectivity index (χ0v) is 10.3. The van der Waals surface area contributed by atoms with E-state index in [4.69, 9.17) is 5.26 Å². The molecule has 0 aromatic heterocycles. The maximum atomic E-state index is 8.88. The fraction of sp³-hybridized carbons (Fsp3) is 0.222. The second-order valence-electron chi connectivity index (χ2n) is 2.46. The minimum atomic E-state index is 0.746. The van der Waals surface area contributed by atoms with E-state index in [9.17, 15) is 0 Å². The van der Waals surface area contributed by atoms with Crippen molar-refractivity contribution in [3.05, 3.63) is 32.4 Å². The van der Waals surface area contributed by atoms with Crippen LogP contribution in [0.5, 0.6) is 0 Å². The molecule has 12 heavy (non-hydrogen) atoms. The topological polar surface area (TPSA) is 23.8 Å². The molecule has 3 heteroatoms. The van der Waals surface area contributed by atoms with Gasteiger partial charge in [-0.3, -0.25) is 0 Å². The molecule has 0 aliphatic rings. The lowest BCUT2D eigenvalue weighted by Crippen LogP contribution is -1.93. The number of aryl methyl sites for hydroxylation is 1. The van der Waals surface area contributed by atoms with Crippen LogP contribution >= 0.6 is 38.5 Å². The molecule has 1 rings (SSSR count). The highest BCUT2D eigenvalue weighted by atomic mass is 127. The van der Waals surface area contributed by atoms with Gasteiger partial charge in [0.05, 0.1) is 11.6 Å². The van der Waals surface area contributed by atoms with Crippen LogP contribution in [0.25, 0.3) is 0 Å². The third-order valence-corrected chi connectivity index (χ3v) is 3.28. The first kappa shape index (κ1) is 10.0. The Balaban J connectivity index is 3.41. The van der Waals surface area contributed by atoms with Gasteiger partial charge in [0.2, 0.25) is 0 Å². The monoisotopic (exact) mass is 335 g/mol. The van der Waals surface area contributed by atoms with Crippen molar-refractivity contribution in [2.75, 3.05) is 0 Å².